The maximum atomic E-state index is 5.99. The number of fused-ring (bicyclic) bond motifs is 1. The topological polar surface area (TPSA) is 21.3 Å². The second-order valence-corrected chi connectivity index (χ2v) is 7.74. The number of ether oxygens (including phenoxy) is 1. The summed E-state index contributed by atoms with van der Waals surface area (Å²) in [6, 6.07) is 7.27. The normalized spacial score (nSPS) is 26.8. The molecule has 0 bridgehead atoms. The van der Waals surface area contributed by atoms with Gasteiger partial charge in [-0.05, 0) is 55.3 Å². The molecule has 1 heterocycles. The largest absolute Gasteiger partial charge is 0.487 e. The van der Waals surface area contributed by atoms with E-state index in [2.05, 4.69) is 58.1 Å². The molecule has 110 valence electrons. The van der Waals surface area contributed by atoms with Gasteiger partial charge in [0.1, 0.15) is 11.4 Å². The molecule has 0 amide bonds. The lowest BCUT2D eigenvalue weighted by molar-refractivity contribution is 0.138. The third-order valence-corrected chi connectivity index (χ3v) is 4.86. The zero-order chi connectivity index (χ0) is 14.5. The average molecular weight is 273 g/mol. The molecule has 1 fully saturated rings. The van der Waals surface area contributed by atoms with Crippen LogP contribution in [0.5, 0.6) is 5.75 Å². The van der Waals surface area contributed by atoms with Crippen LogP contribution in [0.3, 0.4) is 0 Å². The molecule has 1 N–H and O–H groups in total. The highest BCUT2D eigenvalue weighted by molar-refractivity contribution is 5.43. The summed E-state index contributed by atoms with van der Waals surface area (Å²) >= 11 is 0. The van der Waals surface area contributed by atoms with Gasteiger partial charge in [0.2, 0.25) is 0 Å². The average Bonchev–Trinajstić information content (AvgIpc) is 2.83. The highest BCUT2D eigenvalue weighted by atomic mass is 16.5. The van der Waals surface area contributed by atoms with Crippen molar-refractivity contribution in [3.63, 3.8) is 0 Å². The fraction of sp³-hybridized carbons (Fsp3) is 0.667. The minimum Gasteiger partial charge on any atom is -0.487 e. The summed E-state index contributed by atoms with van der Waals surface area (Å²) < 4.78 is 5.99. The first-order valence-electron chi connectivity index (χ1n) is 7.88. The van der Waals surface area contributed by atoms with E-state index in [1.807, 2.05) is 0 Å². The molecule has 0 saturated heterocycles. The molecule has 0 spiro atoms. The summed E-state index contributed by atoms with van der Waals surface area (Å²) in [6.07, 6.45) is 2.34. The maximum Gasteiger partial charge on any atom is 0.123 e. The van der Waals surface area contributed by atoms with Crippen LogP contribution in [0.15, 0.2) is 18.2 Å². The Hall–Kier alpha value is -1.02. The fourth-order valence-corrected chi connectivity index (χ4v) is 3.61. The Kier molecular flexibility index (Phi) is 3.13. The van der Waals surface area contributed by atoms with Crippen LogP contribution in [0, 0.1) is 11.3 Å². The molecule has 20 heavy (non-hydrogen) atoms. The summed E-state index contributed by atoms with van der Waals surface area (Å²) in [5.74, 6) is 1.83. The van der Waals surface area contributed by atoms with Crippen molar-refractivity contribution in [2.24, 2.45) is 11.3 Å². The van der Waals surface area contributed by atoms with E-state index < -0.39 is 0 Å². The molecule has 1 aromatic carbocycles. The van der Waals surface area contributed by atoms with Crippen LogP contribution < -0.4 is 10.1 Å². The summed E-state index contributed by atoms with van der Waals surface area (Å²) in [7, 11) is 0. The van der Waals surface area contributed by atoms with E-state index in [1.165, 1.54) is 17.5 Å². The Bertz CT molecular complexity index is 518. The van der Waals surface area contributed by atoms with Crippen LogP contribution >= 0.6 is 0 Å². The second-order valence-electron chi connectivity index (χ2n) is 7.74. The van der Waals surface area contributed by atoms with Gasteiger partial charge < -0.3 is 10.1 Å². The lowest BCUT2D eigenvalue weighted by Crippen LogP contribution is -2.25. The Morgan fingerprint density at radius 2 is 2.00 bits per heavy atom. The molecule has 1 aliphatic carbocycles. The predicted molar refractivity (Wildman–Crippen MR) is 83.2 cm³/mol. The Morgan fingerprint density at radius 3 is 2.60 bits per heavy atom. The molecule has 3 rings (SSSR count). The summed E-state index contributed by atoms with van der Waals surface area (Å²) in [5, 5.41) is 3.69. The predicted octanol–water partition coefficient (Wildman–Crippen LogP) is 4.10. The van der Waals surface area contributed by atoms with Gasteiger partial charge in [0.25, 0.3) is 0 Å². The van der Waals surface area contributed by atoms with Crippen LogP contribution in [0.2, 0.25) is 0 Å². The molecule has 1 aliphatic heterocycles. The van der Waals surface area contributed by atoms with E-state index in [1.54, 1.807) is 0 Å². The molecule has 2 nitrogen and oxygen atoms in total. The van der Waals surface area contributed by atoms with Gasteiger partial charge in [-0.25, -0.2) is 0 Å². The molecule has 1 aromatic rings. The first-order valence-corrected chi connectivity index (χ1v) is 7.88. The van der Waals surface area contributed by atoms with Crippen molar-refractivity contribution in [2.45, 2.75) is 59.1 Å². The molecule has 2 atom stereocenters. The lowest BCUT2D eigenvalue weighted by atomic mass is 9.93. The first-order chi connectivity index (χ1) is 9.32. The van der Waals surface area contributed by atoms with Crippen molar-refractivity contribution in [1.29, 1.82) is 0 Å². The third kappa shape index (κ3) is 2.46. The zero-order valence-electron chi connectivity index (χ0n) is 13.4. The van der Waals surface area contributed by atoms with E-state index >= 15 is 0 Å². The summed E-state index contributed by atoms with van der Waals surface area (Å²) in [4.78, 5) is 0. The van der Waals surface area contributed by atoms with Gasteiger partial charge in [-0.2, -0.15) is 0 Å². The molecule has 1 saturated carbocycles. The Morgan fingerprint density at radius 1 is 1.30 bits per heavy atom. The monoisotopic (exact) mass is 273 g/mol. The van der Waals surface area contributed by atoms with Crippen LogP contribution in [0.1, 0.15) is 58.2 Å². The van der Waals surface area contributed by atoms with Gasteiger partial charge >= 0.3 is 0 Å². The molecule has 0 aromatic heterocycles. The van der Waals surface area contributed by atoms with E-state index in [9.17, 15) is 0 Å². The molecular weight excluding hydrogens is 246 g/mol. The van der Waals surface area contributed by atoms with Crippen molar-refractivity contribution in [3.8, 4) is 5.75 Å². The van der Waals surface area contributed by atoms with E-state index in [4.69, 9.17) is 4.74 Å². The third-order valence-electron chi connectivity index (χ3n) is 4.86. The standard InChI is InChI=1S/C18H27NO/c1-6-19-16(14-11-17(14,2)3)12-7-8-15-13(9-12)10-18(4,5)20-15/h7-9,14,16,19H,6,10-11H2,1-5H3. The minimum atomic E-state index is -0.0481. The van der Waals surface area contributed by atoms with Crippen molar-refractivity contribution in [1.82, 2.24) is 5.32 Å². The van der Waals surface area contributed by atoms with Crippen molar-refractivity contribution in [2.75, 3.05) is 6.54 Å². The fourth-order valence-electron chi connectivity index (χ4n) is 3.61. The van der Waals surface area contributed by atoms with Gasteiger partial charge in [-0.15, -0.1) is 0 Å². The molecule has 2 aliphatic rings. The van der Waals surface area contributed by atoms with Crippen LogP contribution in [-0.4, -0.2) is 12.1 Å². The van der Waals surface area contributed by atoms with Gasteiger partial charge in [0, 0.05) is 12.5 Å². The highest BCUT2D eigenvalue weighted by Crippen LogP contribution is 2.58. The molecule has 2 heteroatoms. The second kappa shape index (κ2) is 4.49. The van der Waals surface area contributed by atoms with Crippen molar-refractivity contribution >= 4 is 0 Å². The van der Waals surface area contributed by atoms with E-state index in [0.717, 1.165) is 24.6 Å². The molecule has 2 unspecified atom stereocenters. The Balaban J connectivity index is 1.87. The zero-order valence-corrected chi connectivity index (χ0v) is 13.4. The van der Waals surface area contributed by atoms with Crippen molar-refractivity contribution < 1.29 is 4.74 Å². The number of hydrogen-bond acceptors (Lipinski definition) is 2. The SMILES string of the molecule is CCNC(c1ccc2c(c1)CC(C)(C)O2)C1CC1(C)C. The summed E-state index contributed by atoms with van der Waals surface area (Å²) in [6.45, 7) is 12.3. The smallest absolute Gasteiger partial charge is 0.123 e. The number of benzene rings is 1. The van der Waals surface area contributed by atoms with Crippen LogP contribution in [0.4, 0.5) is 0 Å². The van der Waals surface area contributed by atoms with Gasteiger partial charge in [0.05, 0.1) is 0 Å². The van der Waals surface area contributed by atoms with Gasteiger partial charge in [-0.3, -0.25) is 0 Å². The van der Waals surface area contributed by atoms with Crippen LogP contribution in [0.25, 0.3) is 0 Å². The van der Waals surface area contributed by atoms with Gasteiger partial charge in [0.15, 0.2) is 0 Å². The molecular formula is C18H27NO. The number of hydrogen-bond donors (Lipinski definition) is 1. The maximum absolute atomic E-state index is 5.99. The van der Waals surface area contributed by atoms with Crippen molar-refractivity contribution in [3.05, 3.63) is 29.3 Å². The number of nitrogens with one attached hydrogen (secondary N) is 1. The highest BCUT2D eigenvalue weighted by Gasteiger charge is 2.50. The summed E-state index contributed by atoms with van der Waals surface area (Å²) in [5.41, 5.74) is 3.24. The minimum absolute atomic E-state index is 0.0481. The Labute approximate surface area is 122 Å². The van der Waals surface area contributed by atoms with E-state index in [-0.39, 0.29) is 5.60 Å². The van der Waals surface area contributed by atoms with Crippen LogP contribution in [-0.2, 0) is 6.42 Å². The quantitative estimate of drug-likeness (QED) is 0.892. The first kappa shape index (κ1) is 13.9. The van der Waals surface area contributed by atoms with Gasteiger partial charge in [-0.1, -0.05) is 32.9 Å². The number of rotatable bonds is 4. The lowest BCUT2D eigenvalue weighted by Gasteiger charge is -2.21. The molecule has 0 radical (unpaired) electrons. The van der Waals surface area contributed by atoms with E-state index in [0.29, 0.717) is 11.5 Å².